The normalized spacial score (nSPS) is 22.5. The van der Waals surface area contributed by atoms with Gasteiger partial charge in [0, 0.05) is 30.2 Å². The number of nitrogens with one attached hydrogen (secondary N) is 1. The molecule has 0 radical (unpaired) electrons. The second-order valence-electron chi connectivity index (χ2n) is 10.2. The maximum absolute atomic E-state index is 14.5. The average Bonchev–Trinajstić information content (AvgIpc) is 3.16. The predicted molar refractivity (Wildman–Crippen MR) is 116 cm³/mol. The molecule has 3 rings (SSSR count). The summed E-state index contributed by atoms with van der Waals surface area (Å²) in [5, 5.41) is 2.92. The van der Waals surface area contributed by atoms with Crippen LogP contribution in [0.3, 0.4) is 0 Å². The van der Waals surface area contributed by atoms with Crippen LogP contribution in [-0.4, -0.2) is 60.0 Å². The molecule has 170 valence electrons. The van der Waals surface area contributed by atoms with Crippen molar-refractivity contribution in [3.63, 3.8) is 0 Å². The summed E-state index contributed by atoms with van der Waals surface area (Å²) in [7, 11) is -0.896. The number of hydrogen-bond donors (Lipinski definition) is 1. The lowest BCUT2D eigenvalue weighted by Gasteiger charge is -2.32. The van der Waals surface area contributed by atoms with Crippen molar-refractivity contribution >= 4 is 24.6 Å². The largest absolute Gasteiger partial charge is 0.497 e. The fraction of sp³-hybridized carbons (Fsp3) is 0.636. The van der Waals surface area contributed by atoms with Crippen LogP contribution in [-0.2, 0) is 14.0 Å². The first-order chi connectivity index (χ1) is 14.2. The Morgan fingerprint density at radius 1 is 1.19 bits per heavy atom. The molecule has 2 aliphatic heterocycles. The van der Waals surface area contributed by atoms with Gasteiger partial charge in [-0.1, -0.05) is 0 Å². The standard InChI is InChI=1S/C22H32BFN2O5/c1-20(2,3)29-19(28)26-11-10-15(13-26)25-18(27)14-8-9-17(24)16(12-14)23-30-21(4,5)22(6,7)31-23/h8-9,12,15H,10-11,13H2,1-7H3,(H,25,27)/t15-/m1/s1. The van der Waals surface area contributed by atoms with Crippen molar-refractivity contribution in [2.75, 3.05) is 13.1 Å². The highest BCUT2D eigenvalue weighted by atomic mass is 19.1. The van der Waals surface area contributed by atoms with E-state index < -0.39 is 35.8 Å². The van der Waals surface area contributed by atoms with Gasteiger partial charge in [0.2, 0.25) is 0 Å². The summed E-state index contributed by atoms with van der Waals surface area (Å²) >= 11 is 0. The number of amides is 2. The molecular weight excluding hydrogens is 402 g/mol. The summed E-state index contributed by atoms with van der Waals surface area (Å²) in [6.45, 7) is 13.9. The van der Waals surface area contributed by atoms with E-state index in [0.29, 0.717) is 25.1 Å². The first-order valence-corrected chi connectivity index (χ1v) is 10.6. The maximum atomic E-state index is 14.5. The van der Waals surface area contributed by atoms with E-state index >= 15 is 0 Å². The molecule has 0 unspecified atom stereocenters. The summed E-state index contributed by atoms with van der Waals surface area (Å²) in [5.41, 5.74) is -1.31. The molecule has 0 aromatic heterocycles. The molecule has 2 amide bonds. The van der Waals surface area contributed by atoms with Crippen LogP contribution in [0.2, 0.25) is 0 Å². The molecule has 31 heavy (non-hydrogen) atoms. The van der Waals surface area contributed by atoms with Gasteiger partial charge in [-0.25, -0.2) is 9.18 Å². The number of nitrogens with zero attached hydrogens (tertiary/aromatic N) is 1. The van der Waals surface area contributed by atoms with Crippen LogP contribution in [0.4, 0.5) is 9.18 Å². The Morgan fingerprint density at radius 3 is 2.39 bits per heavy atom. The minimum Gasteiger partial charge on any atom is -0.444 e. The minimum absolute atomic E-state index is 0.188. The summed E-state index contributed by atoms with van der Waals surface area (Å²) in [6, 6.07) is 3.94. The monoisotopic (exact) mass is 434 g/mol. The zero-order valence-electron chi connectivity index (χ0n) is 19.4. The first-order valence-electron chi connectivity index (χ1n) is 10.6. The van der Waals surface area contributed by atoms with E-state index in [1.165, 1.54) is 18.2 Å². The van der Waals surface area contributed by atoms with E-state index in [2.05, 4.69) is 5.32 Å². The van der Waals surface area contributed by atoms with E-state index in [4.69, 9.17) is 14.0 Å². The molecule has 2 heterocycles. The molecule has 1 atom stereocenters. The van der Waals surface area contributed by atoms with E-state index in [1.807, 2.05) is 48.5 Å². The van der Waals surface area contributed by atoms with Crippen LogP contribution in [0.5, 0.6) is 0 Å². The molecular formula is C22H32BFN2O5. The molecule has 1 aromatic carbocycles. The van der Waals surface area contributed by atoms with Crippen molar-refractivity contribution in [1.82, 2.24) is 10.2 Å². The zero-order chi connectivity index (χ0) is 23.2. The fourth-order valence-corrected chi connectivity index (χ4v) is 3.47. The molecule has 1 N–H and O–H groups in total. The number of carbonyl (C=O) groups excluding carboxylic acids is 2. The molecule has 0 bridgehead atoms. The van der Waals surface area contributed by atoms with Crippen LogP contribution in [0.1, 0.15) is 65.2 Å². The molecule has 2 fully saturated rings. The topological polar surface area (TPSA) is 77.1 Å². The second kappa shape index (κ2) is 8.09. The van der Waals surface area contributed by atoms with Gasteiger partial charge in [-0.2, -0.15) is 0 Å². The molecule has 0 spiro atoms. The fourth-order valence-electron chi connectivity index (χ4n) is 3.47. The molecule has 2 aliphatic rings. The summed E-state index contributed by atoms with van der Waals surface area (Å²) in [6.07, 6.45) is 0.227. The highest BCUT2D eigenvalue weighted by Gasteiger charge is 2.52. The number of likely N-dealkylation sites (tertiary alicyclic amines) is 1. The Hall–Kier alpha value is -2.13. The van der Waals surface area contributed by atoms with Gasteiger partial charge in [-0.15, -0.1) is 0 Å². The minimum atomic E-state index is -0.896. The van der Waals surface area contributed by atoms with E-state index in [9.17, 15) is 14.0 Å². The highest BCUT2D eigenvalue weighted by molar-refractivity contribution is 6.62. The van der Waals surface area contributed by atoms with E-state index in [-0.39, 0.29) is 17.4 Å². The van der Waals surface area contributed by atoms with Crippen molar-refractivity contribution in [2.24, 2.45) is 0 Å². The Kier molecular flexibility index (Phi) is 6.14. The number of carbonyl (C=O) groups is 2. The molecule has 9 heteroatoms. The SMILES string of the molecule is CC(C)(C)OC(=O)N1CC[C@@H](NC(=O)c2ccc(F)c(B3OC(C)(C)C(C)(C)O3)c2)C1. The second-order valence-corrected chi connectivity index (χ2v) is 10.2. The van der Waals surface area contributed by atoms with Gasteiger partial charge in [0.15, 0.2) is 0 Å². The van der Waals surface area contributed by atoms with Crippen molar-refractivity contribution in [2.45, 2.75) is 77.7 Å². The molecule has 2 saturated heterocycles. The number of ether oxygens (including phenoxy) is 1. The lowest BCUT2D eigenvalue weighted by Crippen LogP contribution is -2.41. The Balaban J connectivity index is 1.66. The van der Waals surface area contributed by atoms with E-state index in [1.54, 1.807) is 4.90 Å². The maximum Gasteiger partial charge on any atom is 0.497 e. The van der Waals surface area contributed by atoms with Crippen LogP contribution >= 0.6 is 0 Å². The van der Waals surface area contributed by atoms with Crippen molar-refractivity contribution in [3.05, 3.63) is 29.6 Å². The summed E-state index contributed by atoms with van der Waals surface area (Å²) < 4.78 is 31.8. The quantitative estimate of drug-likeness (QED) is 0.741. The van der Waals surface area contributed by atoms with Gasteiger partial charge in [0.1, 0.15) is 11.4 Å². The van der Waals surface area contributed by atoms with Crippen LogP contribution in [0.15, 0.2) is 18.2 Å². The van der Waals surface area contributed by atoms with Gasteiger partial charge < -0.3 is 24.3 Å². The first kappa shape index (κ1) is 23.5. The van der Waals surface area contributed by atoms with E-state index in [0.717, 1.165) is 0 Å². The molecule has 1 aromatic rings. The Morgan fingerprint density at radius 2 is 1.81 bits per heavy atom. The Labute approximate surface area is 183 Å². The number of benzene rings is 1. The third kappa shape index (κ3) is 5.21. The lowest BCUT2D eigenvalue weighted by atomic mass is 9.78. The van der Waals surface area contributed by atoms with Crippen molar-refractivity contribution in [3.8, 4) is 0 Å². The van der Waals surface area contributed by atoms with Crippen LogP contribution in [0, 0.1) is 5.82 Å². The lowest BCUT2D eigenvalue weighted by molar-refractivity contribution is 0.00578. The van der Waals surface area contributed by atoms with Crippen molar-refractivity contribution < 1.29 is 28.0 Å². The smallest absolute Gasteiger partial charge is 0.444 e. The zero-order valence-corrected chi connectivity index (χ0v) is 19.4. The number of halogens is 1. The third-order valence-electron chi connectivity index (χ3n) is 5.94. The molecule has 0 saturated carbocycles. The third-order valence-corrected chi connectivity index (χ3v) is 5.94. The van der Waals surface area contributed by atoms with Crippen LogP contribution in [0.25, 0.3) is 0 Å². The molecule has 0 aliphatic carbocycles. The number of hydrogen-bond acceptors (Lipinski definition) is 5. The van der Waals surface area contributed by atoms with Gasteiger partial charge >= 0.3 is 13.2 Å². The van der Waals surface area contributed by atoms with Gasteiger partial charge in [-0.3, -0.25) is 4.79 Å². The Bertz CT molecular complexity index is 852. The predicted octanol–water partition coefficient (Wildman–Crippen LogP) is 2.86. The number of rotatable bonds is 3. The highest BCUT2D eigenvalue weighted by Crippen LogP contribution is 2.36. The molecule has 7 nitrogen and oxygen atoms in total. The summed E-state index contributed by atoms with van der Waals surface area (Å²) in [5.74, 6) is -0.833. The van der Waals surface area contributed by atoms with Crippen LogP contribution < -0.4 is 10.8 Å². The van der Waals surface area contributed by atoms with Gasteiger partial charge in [-0.05, 0) is 73.1 Å². The summed E-state index contributed by atoms with van der Waals surface area (Å²) in [4.78, 5) is 26.6. The van der Waals surface area contributed by atoms with Crippen molar-refractivity contribution in [1.29, 1.82) is 0 Å². The van der Waals surface area contributed by atoms with Gasteiger partial charge in [0.05, 0.1) is 11.2 Å². The average molecular weight is 434 g/mol. The van der Waals surface area contributed by atoms with Gasteiger partial charge in [0.25, 0.3) is 5.91 Å².